The average molecular weight is 303 g/mol. The van der Waals surface area contributed by atoms with Gasteiger partial charge in [-0.2, -0.15) is 0 Å². The summed E-state index contributed by atoms with van der Waals surface area (Å²) < 4.78 is 0. The van der Waals surface area contributed by atoms with Gasteiger partial charge in [0.05, 0.1) is 0 Å². The van der Waals surface area contributed by atoms with Crippen molar-refractivity contribution in [2.45, 2.75) is 51.0 Å². The summed E-state index contributed by atoms with van der Waals surface area (Å²) in [5.74, 6) is 0. The van der Waals surface area contributed by atoms with Crippen LogP contribution < -0.4 is 0 Å². The lowest BCUT2D eigenvalue weighted by atomic mass is 10.00. The molecule has 2 aliphatic heterocycles. The van der Waals surface area contributed by atoms with Crippen LogP contribution in [-0.4, -0.2) is 53.9 Å². The highest BCUT2D eigenvalue weighted by Crippen LogP contribution is 2.20. The van der Waals surface area contributed by atoms with Crippen LogP contribution in [0.4, 0.5) is 0 Å². The van der Waals surface area contributed by atoms with Crippen molar-refractivity contribution < 1.29 is 0 Å². The first-order valence-corrected chi connectivity index (χ1v) is 8.54. The van der Waals surface area contributed by atoms with Crippen LogP contribution in [0.3, 0.4) is 0 Å². The van der Waals surface area contributed by atoms with Crippen molar-refractivity contribution in [1.29, 1.82) is 0 Å². The number of piperidine rings is 2. The molecule has 0 unspecified atom stereocenters. The van der Waals surface area contributed by atoms with Crippen molar-refractivity contribution in [3.8, 4) is 0 Å². The molecule has 2 nitrogen and oxygen atoms in total. The van der Waals surface area contributed by atoms with E-state index in [4.69, 9.17) is 0 Å². The van der Waals surface area contributed by atoms with Crippen LogP contribution in [0.5, 0.6) is 0 Å². The molecule has 0 atom stereocenters. The minimum absolute atomic E-state index is 0.905. The molecule has 0 aromatic carbocycles. The zero-order valence-electron chi connectivity index (χ0n) is 11.0. The van der Waals surface area contributed by atoms with E-state index < -0.39 is 0 Å². The van der Waals surface area contributed by atoms with E-state index in [1.807, 2.05) is 0 Å². The van der Waals surface area contributed by atoms with Gasteiger partial charge >= 0.3 is 0 Å². The van der Waals surface area contributed by atoms with Crippen LogP contribution in [0, 0.1) is 0 Å². The number of alkyl halides is 1. The van der Waals surface area contributed by atoms with Gasteiger partial charge in [0, 0.05) is 11.4 Å². The molecule has 0 spiro atoms. The Bertz CT molecular complexity index is 196. The molecule has 0 N–H and O–H groups in total. The molecule has 2 fully saturated rings. The van der Waals surface area contributed by atoms with E-state index in [1.54, 1.807) is 0 Å². The molecule has 2 heterocycles. The lowest BCUT2D eigenvalue weighted by molar-refractivity contribution is 0.0921. The maximum absolute atomic E-state index is 3.51. The number of rotatable bonds is 5. The summed E-state index contributed by atoms with van der Waals surface area (Å²) in [7, 11) is 0. The fourth-order valence-corrected chi connectivity index (χ4v) is 3.62. The Labute approximate surface area is 115 Å². The minimum atomic E-state index is 0.905. The first-order valence-electron chi connectivity index (χ1n) is 7.42. The quantitative estimate of drug-likeness (QED) is 0.569. The first kappa shape index (κ1) is 13.8. The number of likely N-dealkylation sites (tertiary alicyclic amines) is 2. The topological polar surface area (TPSA) is 6.48 Å². The van der Waals surface area contributed by atoms with Gasteiger partial charge in [0.15, 0.2) is 0 Å². The standard InChI is InChI=1S/C14H27BrN2/c15-8-2-5-9-16-12-6-14(7-13-16)17-10-3-1-4-11-17/h14H,1-13H2. The van der Waals surface area contributed by atoms with Gasteiger partial charge in [-0.1, -0.05) is 22.4 Å². The van der Waals surface area contributed by atoms with E-state index in [0.29, 0.717) is 0 Å². The number of hydrogen-bond donors (Lipinski definition) is 0. The van der Waals surface area contributed by atoms with Gasteiger partial charge in [-0.25, -0.2) is 0 Å². The van der Waals surface area contributed by atoms with Crippen LogP contribution in [0.1, 0.15) is 44.9 Å². The largest absolute Gasteiger partial charge is 0.303 e. The average Bonchev–Trinajstić information content (AvgIpc) is 2.41. The third kappa shape index (κ3) is 4.53. The van der Waals surface area contributed by atoms with Crippen molar-refractivity contribution in [2.75, 3.05) is 38.1 Å². The Morgan fingerprint density at radius 3 is 2.24 bits per heavy atom. The van der Waals surface area contributed by atoms with Gasteiger partial charge in [-0.15, -0.1) is 0 Å². The highest BCUT2D eigenvalue weighted by Gasteiger charge is 2.24. The van der Waals surface area contributed by atoms with Crippen molar-refractivity contribution >= 4 is 15.9 Å². The molecule has 2 aliphatic rings. The molecule has 0 aromatic rings. The predicted molar refractivity (Wildman–Crippen MR) is 77.9 cm³/mol. The Morgan fingerprint density at radius 1 is 0.882 bits per heavy atom. The molecule has 0 aliphatic carbocycles. The van der Waals surface area contributed by atoms with Gasteiger partial charge in [0.25, 0.3) is 0 Å². The van der Waals surface area contributed by atoms with E-state index >= 15 is 0 Å². The lowest BCUT2D eigenvalue weighted by Crippen LogP contribution is -2.46. The molecule has 0 amide bonds. The lowest BCUT2D eigenvalue weighted by Gasteiger charge is -2.40. The van der Waals surface area contributed by atoms with E-state index in [0.717, 1.165) is 11.4 Å². The van der Waals surface area contributed by atoms with Crippen LogP contribution in [-0.2, 0) is 0 Å². The van der Waals surface area contributed by atoms with Gasteiger partial charge in [0.2, 0.25) is 0 Å². The molecule has 17 heavy (non-hydrogen) atoms. The summed E-state index contributed by atoms with van der Waals surface area (Å²) in [6, 6.07) is 0.905. The number of unbranched alkanes of at least 4 members (excludes halogenated alkanes) is 1. The highest BCUT2D eigenvalue weighted by molar-refractivity contribution is 9.09. The van der Waals surface area contributed by atoms with Crippen molar-refractivity contribution in [2.24, 2.45) is 0 Å². The van der Waals surface area contributed by atoms with Crippen molar-refractivity contribution in [3.05, 3.63) is 0 Å². The molecule has 0 saturated carbocycles. The van der Waals surface area contributed by atoms with Gasteiger partial charge < -0.3 is 9.80 Å². The Morgan fingerprint density at radius 2 is 1.59 bits per heavy atom. The highest BCUT2D eigenvalue weighted by atomic mass is 79.9. The van der Waals surface area contributed by atoms with Crippen molar-refractivity contribution in [3.63, 3.8) is 0 Å². The van der Waals surface area contributed by atoms with Crippen LogP contribution in [0.2, 0.25) is 0 Å². The molecule has 3 heteroatoms. The van der Waals surface area contributed by atoms with E-state index in [9.17, 15) is 0 Å². The molecule has 2 rings (SSSR count). The maximum atomic E-state index is 3.51. The van der Waals surface area contributed by atoms with Crippen molar-refractivity contribution in [1.82, 2.24) is 9.80 Å². The van der Waals surface area contributed by atoms with Gasteiger partial charge in [-0.05, 0) is 71.2 Å². The fraction of sp³-hybridized carbons (Fsp3) is 1.00. The summed E-state index contributed by atoms with van der Waals surface area (Å²) in [5.41, 5.74) is 0. The van der Waals surface area contributed by atoms with Gasteiger partial charge in [0.1, 0.15) is 0 Å². The Kier molecular flexibility index (Phi) is 6.30. The smallest absolute Gasteiger partial charge is 0.0120 e. The SMILES string of the molecule is BrCCCCN1CCC(N2CCCCC2)CC1. The number of hydrogen-bond acceptors (Lipinski definition) is 2. The number of nitrogens with zero attached hydrogens (tertiary/aromatic N) is 2. The van der Waals surface area contributed by atoms with E-state index in [1.165, 1.54) is 77.7 Å². The normalized spacial score (nSPS) is 25.2. The van der Waals surface area contributed by atoms with Crippen LogP contribution in [0.15, 0.2) is 0 Å². The third-order valence-corrected chi connectivity index (χ3v) is 4.88. The zero-order chi connectivity index (χ0) is 11.9. The molecule has 0 aromatic heterocycles. The van der Waals surface area contributed by atoms with Crippen LogP contribution >= 0.6 is 15.9 Å². The second-order valence-corrected chi connectivity index (χ2v) is 6.36. The second kappa shape index (κ2) is 7.75. The molecular formula is C14H27BrN2. The first-order chi connectivity index (χ1) is 8.40. The zero-order valence-corrected chi connectivity index (χ0v) is 12.6. The molecule has 100 valence electrons. The van der Waals surface area contributed by atoms with E-state index in [-0.39, 0.29) is 0 Å². The number of halogens is 1. The summed E-state index contributed by atoms with van der Waals surface area (Å²) in [6.45, 7) is 6.73. The summed E-state index contributed by atoms with van der Waals surface area (Å²) >= 11 is 3.51. The molecule has 0 radical (unpaired) electrons. The summed E-state index contributed by atoms with van der Waals surface area (Å²) in [4.78, 5) is 5.43. The maximum Gasteiger partial charge on any atom is 0.0120 e. The van der Waals surface area contributed by atoms with E-state index in [2.05, 4.69) is 25.7 Å². The van der Waals surface area contributed by atoms with Crippen LogP contribution in [0.25, 0.3) is 0 Å². The summed E-state index contributed by atoms with van der Waals surface area (Å²) in [5, 5.41) is 1.16. The second-order valence-electron chi connectivity index (χ2n) is 5.57. The monoisotopic (exact) mass is 302 g/mol. The molecular weight excluding hydrogens is 276 g/mol. The van der Waals surface area contributed by atoms with Gasteiger partial charge in [-0.3, -0.25) is 0 Å². The molecule has 2 saturated heterocycles. The summed E-state index contributed by atoms with van der Waals surface area (Å²) in [6.07, 6.45) is 9.84. The Balaban J connectivity index is 1.63. The minimum Gasteiger partial charge on any atom is -0.303 e. The third-order valence-electron chi connectivity index (χ3n) is 4.32. The Hall–Kier alpha value is 0.400. The predicted octanol–water partition coefficient (Wildman–Crippen LogP) is 3.11. The molecule has 0 bridgehead atoms. The fourth-order valence-electron chi connectivity index (χ4n) is 3.22.